The number of nitrogens with zero attached hydrogens (tertiary/aromatic N) is 1. The summed E-state index contributed by atoms with van der Waals surface area (Å²) in [5.41, 5.74) is 32.7. The number of amides is 11. The lowest BCUT2D eigenvalue weighted by molar-refractivity contribution is -0.147. The number of guanidine groups is 1. The zero-order valence-electron chi connectivity index (χ0n) is 45.2. The van der Waals surface area contributed by atoms with E-state index in [1.807, 2.05) is 5.32 Å². The molecule has 0 aliphatic heterocycles. The lowest BCUT2D eigenvalue weighted by atomic mass is 9.97. The zero-order valence-corrected chi connectivity index (χ0v) is 45.2. The predicted molar refractivity (Wildman–Crippen MR) is 280 cm³/mol. The van der Waals surface area contributed by atoms with Crippen molar-refractivity contribution in [3.05, 3.63) is 0 Å². The number of unbranched alkanes of at least 4 members (excludes halogenated alkanes) is 1. The number of carboxylic acid groups (broad SMARTS) is 3. The van der Waals surface area contributed by atoms with Crippen molar-refractivity contribution < 1.29 is 87.5 Å². The highest BCUT2D eigenvalue weighted by Gasteiger charge is 2.37. The number of carbonyl (C=O) groups excluding carboxylic acids is 11. The van der Waals surface area contributed by atoms with Crippen LogP contribution < -0.4 is 82.3 Å². The number of hydrogen-bond donors (Lipinski definition) is 19. The fourth-order valence-corrected chi connectivity index (χ4v) is 7.13. The normalized spacial score (nSPS) is 15.1. The van der Waals surface area contributed by atoms with Crippen LogP contribution in [0, 0.1) is 11.8 Å². The van der Waals surface area contributed by atoms with Gasteiger partial charge in [0.25, 0.3) is 0 Å². The van der Waals surface area contributed by atoms with Crippen LogP contribution >= 0.6 is 0 Å². The maximum Gasteiger partial charge on any atom is 0.326 e. The first kappa shape index (κ1) is 71.7. The van der Waals surface area contributed by atoms with Crippen LogP contribution in [0.5, 0.6) is 0 Å². The number of hydrogen-bond acceptors (Lipinski definition) is 18. The first-order valence-electron chi connectivity index (χ1n) is 25.4. The van der Waals surface area contributed by atoms with E-state index in [1.54, 1.807) is 6.92 Å². The second-order valence-electron chi connectivity index (χ2n) is 19.0. The lowest BCUT2D eigenvalue weighted by Gasteiger charge is -2.29. The molecule has 34 heteroatoms. The summed E-state index contributed by atoms with van der Waals surface area (Å²) in [5, 5.41) is 58.7. The van der Waals surface area contributed by atoms with E-state index in [0.29, 0.717) is 19.4 Å². The van der Waals surface area contributed by atoms with Gasteiger partial charge in [0.2, 0.25) is 65.0 Å². The molecule has 0 fully saturated rings. The van der Waals surface area contributed by atoms with Crippen molar-refractivity contribution in [3.63, 3.8) is 0 Å². The molecule has 0 rings (SSSR count). The van der Waals surface area contributed by atoms with Gasteiger partial charge in [0.1, 0.15) is 48.3 Å². The number of aliphatic hydroxyl groups is 1. The summed E-state index contributed by atoms with van der Waals surface area (Å²) in [5.74, 6) is -18.7. The molecule has 0 aromatic rings. The number of aliphatic hydroxyl groups excluding tert-OH is 1. The number of aliphatic carboxylic acids is 3. The van der Waals surface area contributed by atoms with Gasteiger partial charge in [-0.2, -0.15) is 0 Å². The molecule has 0 saturated heterocycles. The van der Waals surface area contributed by atoms with Crippen LogP contribution in [-0.4, -0.2) is 189 Å². The van der Waals surface area contributed by atoms with Crippen molar-refractivity contribution in [2.45, 2.75) is 166 Å². The average molecular weight is 1150 g/mol. The second kappa shape index (κ2) is 36.8. The van der Waals surface area contributed by atoms with E-state index in [0.717, 1.165) is 6.92 Å². The highest BCUT2D eigenvalue weighted by atomic mass is 16.4. The fraction of sp³-hybridized carbons (Fsp3) is 0.674. The Hall–Kier alpha value is -8.27. The zero-order chi connectivity index (χ0) is 61.6. The molecule has 11 amide bonds. The number of rotatable bonds is 40. The van der Waals surface area contributed by atoms with E-state index in [1.165, 1.54) is 20.8 Å². The third kappa shape index (κ3) is 28.4. The Bertz CT molecular complexity index is 2230. The molecule has 0 aliphatic carbocycles. The van der Waals surface area contributed by atoms with Crippen molar-refractivity contribution in [1.29, 1.82) is 0 Å². The van der Waals surface area contributed by atoms with Crippen molar-refractivity contribution >= 4 is 88.8 Å². The van der Waals surface area contributed by atoms with Gasteiger partial charge >= 0.3 is 17.9 Å². The first-order valence-corrected chi connectivity index (χ1v) is 25.4. The number of nitrogens with one attached hydrogen (secondary N) is 9. The molecular formula is C46H80N16O18. The molecule has 0 saturated carbocycles. The third-order valence-corrected chi connectivity index (χ3v) is 11.8. The Morgan fingerprint density at radius 1 is 0.500 bits per heavy atom. The Balaban J connectivity index is 6.48. The van der Waals surface area contributed by atoms with E-state index in [4.69, 9.17) is 39.5 Å². The van der Waals surface area contributed by atoms with Gasteiger partial charge in [-0.25, -0.2) is 4.79 Å². The van der Waals surface area contributed by atoms with Gasteiger partial charge in [0.05, 0.1) is 38.0 Å². The summed E-state index contributed by atoms with van der Waals surface area (Å²) in [6, 6.07) is -14.9. The van der Waals surface area contributed by atoms with Crippen LogP contribution in [0.2, 0.25) is 0 Å². The molecule has 0 aromatic carbocycles. The molecule has 0 aliphatic rings. The maximum atomic E-state index is 14.0. The highest BCUT2D eigenvalue weighted by molar-refractivity contribution is 5.99. The standard InChI is InChI=1S/C46H80N16O18/c1-6-21(4)35(60-31(66)19-54-42(76)36(22(5)63)62-41(75)27(17-32(67)68)57-37(71)23(48)10-7-8-14-47)44(78)56-25(12-13-29(49)64)39(73)61-34(20(2)3)43(77)58-26(16-30(50)65)40(74)55-24(11-9-15-53-46(51)52)38(72)59-28(45(79)80)18-33(69)70/h20-28,34-36,63H,6-19,47-48H2,1-5H3,(H2,49,64)(H2,50,65)(H,54,76)(H,55,74)(H,56,78)(H,57,71)(H,58,77)(H,59,72)(H,60,66)(H,61,73)(H,62,75)(H,67,68)(H,69,70)(H,79,80)(H4,51,52,53)/t21-,22+,23-,24-,25-,26-,27-,28-,34-,35-,36-/m0/s1. The summed E-state index contributed by atoms with van der Waals surface area (Å²) in [6.07, 6.45) is -4.50. The summed E-state index contributed by atoms with van der Waals surface area (Å²) >= 11 is 0. The third-order valence-electron chi connectivity index (χ3n) is 11.8. The van der Waals surface area contributed by atoms with Crippen LogP contribution in [0.15, 0.2) is 4.99 Å². The molecule has 80 heavy (non-hydrogen) atoms. The minimum atomic E-state index is -1.95. The summed E-state index contributed by atoms with van der Waals surface area (Å²) in [4.78, 5) is 184. The fourth-order valence-electron chi connectivity index (χ4n) is 7.13. The molecule has 0 bridgehead atoms. The summed E-state index contributed by atoms with van der Waals surface area (Å²) < 4.78 is 0. The summed E-state index contributed by atoms with van der Waals surface area (Å²) in [6.45, 7) is 6.50. The van der Waals surface area contributed by atoms with Crippen molar-refractivity contribution in [1.82, 2.24) is 47.9 Å². The average Bonchev–Trinajstić information content (AvgIpc) is 3.35. The summed E-state index contributed by atoms with van der Waals surface area (Å²) in [7, 11) is 0. The van der Waals surface area contributed by atoms with Crippen molar-refractivity contribution in [3.8, 4) is 0 Å². The smallest absolute Gasteiger partial charge is 0.326 e. The SMILES string of the molecule is CC[C@H](C)[C@H](NC(=O)CNC(=O)[C@@H](NC(=O)[C@H](CC(=O)O)NC(=O)[C@@H](N)CCCCN)[C@@H](C)O)C(=O)N[C@@H](CCC(N)=O)C(=O)N[C@H](C(=O)N[C@@H](CC(N)=O)C(=O)N[C@@H](CCCN=C(N)N)C(=O)N[C@@H](CC(=O)O)C(=O)O)C(C)C. The number of aliphatic imine (C=N–C) groups is 1. The molecule has 0 radical (unpaired) electrons. The minimum Gasteiger partial charge on any atom is -0.481 e. The molecule has 0 heterocycles. The topological polar surface area (TPSA) is 597 Å². The maximum absolute atomic E-state index is 14.0. The van der Waals surface area contributed by atoms with Gasteiger partial charge < -0.3 is 103 Å². The molecule has 0 aromatic heterocycles. The molecule has 0 spiro atoms. The van der Waals surface area contributed by atoms with Gasteiger partial charge in [-0.15, -0.1) is 0 Å². The van der Waals surface area contributed by atoms with Gasteiger partial charge in [-0.3, -0.25) is 67.3 Å². The van der Waals surface area contributed by atoms with Crippen LogP contribution in [-0.2, 0) is 67.1 Å². The number of carbonyl (C=O) groups is 14. The van der Waals surface area contributed by atoms with E-state index >= 15 is 0 Å². The van der Waals surface area contributed by atoms with E-state index < -0.39 is 194 Å². The quantitative estimate of drug-likeness (QED) is 0.0154. The Morgan fingerprint density at radius 2 is 0.975 bits per heavy atom. The van der Waals surface area contributed by atoms with Gasteiger partial charge in [0, 0.05) is 13.0 Å². The number of carboxylic acids is 3. The minimum absolute atomic E-state index is 0.0239. The lowest BCUT2D eigenvalue weighted by Crippen LogP contribution is -2.61. The molecule has 25 N–H and O–H groups in total. The van der Waals surface area contributed by atoms with Crippen LogP contribution in [0.3, 0.4) is 0 Å². The molecular weight excluding hydrogens is 1060 g/mol. The Labute approximate surface area is 459 Å². The van der Waals surface area contributed by atoms with Crippen LogP contribution in [0.4, 0.5) is 0 Å². The van der Waals surface area contributed by atoms with Crippen molar-refractivity contribution in [2.75, 3.05) is 19.6 Å². The number of nitrogens with two attached hydrogens (primary N) is 6. The second-order valence-corrected chi connectivity index (χ2v) is 19.0. The van der Waals surface area contributed by atoms with Gasteiger partial charge in [-0.05, 0) is 57.4 Å². The monoisotopic (exact) mass is 1140 g/mol. The van der Waals surface area contributed by atoms with Gasteiger partial charge in [0.15, 0.2) is 5.96 Å². The van der Waals surface area contributed by atoms with E-state index in [2.05, 4.69) is 47.5 Å². The molecule has 0 unspecified atom stereocenters. The predicted octanol–water partition coefficient (Wildman–Crippen LogP) is -8.25. The van der Waals surface area contributed by atoms with E-state index in [9.17, 15) is 82.4 Å². The Kier molecular flexibility index (Phi) is 33.0. The first-order chi connectivity index (χ1) is 37.3. The molecule has 11 atom stereocenters. The van der Waals surface area contributed by atoms with Gasteiger partial charge in [-0.1, -0.05) is 40.5 Å². The largest absolute Gasteiger partial charge is 0.481 e. The van der Waals surface area contributed by atoms with Crippen molar-refractivity contribution in [2.24, 2.45) is 51.2 Å². The highest BCUT2D eigenvalue weighted by Crippen LogP contribution is 2.12. The molecule has 452 valence electrons. The van der Waals surface area contributed by atoms with Crippen LogP contribution in [0.1, 0.15) is 105 Å². The number of primary amides is 2. The molecule has 34 nitrogen and oxygen atoms in total. The van der Waals surface area contributed by atoms with Crippen LogP contribution in [0.25, 0.3) is 0 Å². The Morgan fingerprint density at radius 3 is 1.49 bits per heavy atom. The van der Waals surface area contributed by atoms with E-state index in [-0.39, 0.29) is 38.2 Å².